The largest absolute Gasteiger partial charge is 0.467 e. The summed E-state index contributed by atoms with van der Waals surface area (Å²) in [7, 11) is 0. The number of furan rings is 1. The molecule has 4 rings (SSSR count). The van der Waals surface area contributed by atoms with Crippen LogP contribution in [0.5, 0.6) is 0 Å². The molecule has 1 N–H and O–H groups in total. The van der Waals surface area contributed by atoms with Crippen LogP contribution in [0.1, 0.15) is 5.76 Å². The van der Waals surface area contributed by atoms with E-state index in [1.807, 2.05) is 42.5 Å². The fourth-order valence-electron chi connectivity index (χ4n) is 2.41. The van der Waals surface area contributed by atoms with Crippen LogP contribution in [-0.2, 0) is 11.3 Å². The van der Waals surface area contributed by atoms with E-state index in [4.69, 9.17) is 4.42 Å². The zero-order valence-electron chi connectivity index (χ0n) is 14.0. The highest BCUT2D eigenvalue weighted by Crippen LogP contribution is 2.22. The second-order valence-corrected chi connectivity index (χ2v) is 7.48. The number of benzene rings is 1. The number of thioether (sulfide) groups is 1. The van der Waals surface area contributed by atoms with Gasteiger partial charge in [0.05, 0.1) is 24.3 Å². The van der Waals surface area contributed by atoms with Crippen molar-refractivity contribution in [2.45, 2.75) is 11.7 Å². The van der Waals surface area contributed by atoms with Crippen LogP contribution in [0.4, 0.5) is 0 Å². The first-order valence-corrected chi connectivity index (χ1v) is 9.87. The minimum atomic E-state index is -0.114. The zero-order valence-corrected chi connectivity index (χ0v) is 16.4. The SMILES string of the molecule is O=C(CSc1nnc2ccc(-c3ccc(Br)cc3)nn12)NCc1ccco1. The van der Waals surface area contributed by atoms with Crippen LogP contribution in [0.25, 0.3) is 16.9 Å². The Morgan fingerprint density at radius 2 is 2.00 bits per heavy atom. The lowest BCUT2D eigenvalue weighted by atomic mass is 10.1. The van der Waals surface area contributed by atoms with Gasteiger partial charge in [-0.05, 0) is 36.4 Å². The first-order chi connectivity index (χ1) is 13.2. The fourth-order valence-corrected chi connectivity index (χ4v) is 3.40. The maximum Gasteiger partial charge on any atom is 0.230 e. The molecular weight excluding hydrogens is 430 g/mol. The number of carbonyl (C=O) groups excluding carboxylic acids is 1. The first-order valence-electron chi connectivity index (χ1n) is 8.09. The van der Waals surface area contributed by atoms with Crippen LogP contribution in [0.15, 0.2) is 68.8 Å². The summed E-state index contributed by atoms with van der Waals surface area (Å²) in [6.07, 6.45) is 1.58. The number of nitrogens with zero attached hydrogens (tertiary/aromatic N) is 4. The van der Waals surface area contributed by atoms with Crippen molar-refractivity contribution in [3.05, 3.63) is 65.0 Å². The van der Waals surface area contributed by atoms with Crippen molar-refractivity contribution in [3.63, 3.8) is 0 Å². The fraction of sp³-hybridized carbons (Fsp3) is 0.111. The maximum atomic E-state index is 12.0. The van der Waals surface area contributed by atoms with Gasteiger partial charge < -0.3 is 9.73 Å². The molecule has 0 unspecified atom stereocenters. The number of halogens is 1. The molecule has 0 saturated heterocycles. The second kappa shape index (κ2) is 7.93. The molecule has 0 radical (unpaired) electrons. The van der Waals surface area contributed by atoms with Crippen LogP contribution >= 0.6 is 27.7 Å². The highest BCUT2D eigenvalue weighted by molar-refractivity contribution is 9.10. The van der Waals surface area contributed by atoms with E-state index in [2.05, 4.69) is 36.5 Å². The number of hydrogen-bond donors (Lipinski definition) is 1. The lowest BCUT2D eigenvalue weighted by Crippen LogP contribution is -2.24. The van der Waals surface area contributed by atoms with Gasteiger partial charge in [-0.3, -0.25) is 4.79 Å². The number of rotatable bonds is 6. The first kappa shape index (κ1) is 17.7. The summed E-state index contributed by atoms with van der Waals surface area (Å²) >= 11 is 4.71. The van der Waals surface area contributed by atoms with Gasteiger partial charge in [0.2, 0.25) is 11.1 Å². The number of nitrogens with one attached hydrogen (secondary N) is 1. The Morgan fingerprint density at radius 3 is 2.78 bits per heavy atom. The van der Waals surface area contributed by atoms with Crippen molar-refractivity contribution in [1.82, 2.24) is 25.1 Å². The van der Waals surface area contributed by atoms with Gasteiger partial charge in [-0.25, -0.2) is 0 Å². The van der Waals surface area contributed by atoms with E-state index >= 15 is 0 Å². The summed E-state index contributed by atoms with van der Waals surface area (Å²) in [4.78, 5) is 12.0. The van der Waals surface area contributed by atoms with Crippen molar-refractivity contribution in [3.8, 4) is 11.3 Å². The van der Waals surface area contributed by atoms with E-state index in [1.165, 1.54) is 11.8 Å². The summed E-state index contributed by atoms with van der Waals surface area (Å²) in [5.74, 6) is 0.811. The monoisotopic (exact) mass is 443 g/mol. The summed E-state index contributed by atoms with van der Waals surface area (Å²) < 4.78 is 7.86. The van der Waals surface area contributed by atoms with Gasteiger partial charge >= 0.3 is 0 Å². The average molecular weight is 444 g/mol. The molecule has 27 heavy (non-hydrogen) atoms. The van der Waals surface area contributed by atoms with E-state index in [0.29, 0.717) is 23.1 Å². The summed E-state index contributed by atoms with van der Waals surface area (Å²) in [6.45, 7) is 0.360. The molecule has 3 aromatic heterocycles. The summed E-state index contributed by atoms with van der Waals surface area (Å²) in [6, 6.07) is 15.3. The molecule has 4 aromatic rings. The number of fused-ring (bicyclic) bond motifs is 1. The highest BCUT2D eigenvalue weighted by Gasteiger charge is 2.12. The number of amides is 1. The minimum Gasteiger partial charge on any atom is -0.467 e. The van der Waals surface area contributed by atoms with Gasteiger partial charge in [0.15, 0.2) is 5.65 Å². The van der Waals surface area contributed by atoms with Crippen LogP contribution in [0.2, 0.25) is 0 Å². The Bertz CT molecular complexity index is 1060. The van der Waals surface area contributed by atoms with E-state index in [-0.39, 0.29) is 11.7 Å². The molecule has 9 heteroatoms. The Labute approximate surface area is 167 Å². The quantitative estimate of drug-likeness (QED) is 0.458. The molecule has 0 fully saturated rings. The Morgan fingerprint density at radius 1 is 1.15 bits per heavy atom. The predicted molar refractivity (Wildman–Crippen MR) is 105 cm³/mol. The van der Waals surface area contributed by atoms with Crippen molar-refractivity contribution >= 4 is 39.2 Å². The highest BCUT2D eigenvalue weighted by atomic mass is 79.9. The molecule has 0 spiro atoms. The molecule has 0 aliphatic rings. The molecular formula is C18H14BrN5O2S. The van der Waals surface area contributed by atoms with Crippen molar-refractivity contribution in [2.75, 3.05) is 5.75 Å². The van der Waals surface area contributed by atoms with Gasteiger partial charge in [0.1, 0.15) is 5.76 Å². The van der Waals surface area contributed by atoms with E-state index in [1.54, 1.807) is 16.8 Å². The Kier molecular flexibility index (Phi) is 5.21. The smallest absolute Gasteiger partial charge is 0.230 e. The van der Waals surface area contributed by atoms with Crippen LogP contribution in [-0.4, -0.2) is 31.5 Å². The molecule has 0 bridgehead atoms. The molecule has 1 amide bonds. The van der Waals surface area contributed by atoms with Crippen LogP contribution in [0, 0.1) is 0 Å². The van der Waals surface area contributed by atoms with E-state index < -0.39 is 0 Å². The molecule has 3 heterocycles. The zero-order chi connectivity index (χ0) is 18.6. The summed E-state index contributed by atoms with van der Waals surface area (Å²) in [5, 5.41) is 16.2. The van der Waals surface area contributed by atoms with Gasteiger partial charge in [0.25, 0.3) is 0 Å². The van der Waals surface area contributed by atoms with Gasteiger partial charge in [0, 0.05) is 10.0 Å². The van der Waals surface area contributed by atoms with Crippen molar-refractivity contribution in [2.24, 2.45) is 0 Å². The molecule has 136 valence electrons. The van der Waals surface area contributed by atoms with Crippen molar-refractivity contribution < 1.29 is 9.21 Å². The van der Waals surface area contributed by atoms with E-state index in [0.717, 1.165) is 15.7 Å². The normalized spacial score (nSPS) is 11.0. The molecule has 0 saturated carbocycles. The van der Waals surface area contributed by atoms with Gasteiger partial charge in [-0.2, -0.15) is 9.61 Å². The lowest BCUT2D eigenvalue weighted by Gasteiger charge is -2.04. The third kappa shape index (κ3) is 4.20. The van der Waals surface area contributed by atoms with Crippen molar-refractivity contribution in [1.29, 1.82) is 0 Å². The Balaban J connectivity index is 1.46. The number of aromatic nitrogens is 4. The minimum absolute atomic E-state index is 0.114. The molecule has 0 atom stereocenters. The molecule has 7 nitrogen and oxygen atoms in total. The number of carbonyl (C=O) groups is 1. The van der Waals surface area contributed by atoms with E-state index in [9.17, 15) is 4.79 Å². The Hall–Kier alpha value is -2.65. The third-order valence-electron chi connectivity index (χ3n) is 3.75. The van der Waals surface area contributed by atoms with Crippen LogP contribution < -0.4 is 5.32 Å². The standard InChI is InChI=1S/C18H14BrN5O2S/c19-13-5-3-12(4-6-13)15-7-8-16-21-22-18(24(16)23-15)27-11-17(25)20-10-14-2-1-9-26-14/h1-9H,10-11H2,(H,20,25). The third-order valence-corrected chi connectivity index (χ3v) is 5.19. The molecule has 1 aromatic carbocycles. The second-order valence-electron chi connectivity index (χ2n) is 5.62. The molecule has 0 aliphatic heterocycles. The molecule has 0 aliphatic carbocycles. The number of hydrogen-bond acceptors (Lipinski definition) is 6. The average Bonchev–Trinajstić information content (AvgIpc) is 3.34. The van der Waals surface area contributed by atoms with Gasteiger partial charge in [-0.1, -0.05) is 39.8 Å². The topological polar surface area (TPSA) is 85.3 Å². The van der Waals surface area contributed by atoms with Crippen LogP contribution in [0.3, 0.4) is 0 Å². The summed E-state index contributed by atoms with van der Waals surface area (Å²) in [5.41, 5.74) is 2.43. The predicted octanol–water partition coefficient (Wildman–Crippen LogP) is 3.56. The van der Waals surface area contributed by atoms with Gasteiger partial charge in [-0.15, -0.1) is 10.2 Å². The maximum absolute atomic E-state index is 12.0. The lowest BCUT2D eigenvalue weighted by molar-refractivity contribution is -0.118.